The molecule has 0 saturated carbocycles. The summed E-state index contributed by atoms with van der Waals surface area (Å²) in [5.74, 6) is 0.273. The summed E-state index contributed by atoms with van der Waals surface area (Å²) in [5, 5.41) is 10.1. The van der Waals surface area contributed by atoms with Crippen LogP contribution in [0, 0.1) is 5.92 Å². The number of hydrogen-bond acceptors (Lipinski definition) is 2. The van der Waals surface area contributed by atoms with Gasteiger partial charge in [0.15, 0.2) is 0 Å². The van der Waals surface area contributed by atoms with Gasteiger partial charge in [-0.3, -0.25) is 0 Å². The van der Waals surface area contributed by atoms with Crippen LogP contribution in [0.1, 0.15) is 18.4 Å². The van der Waals surface area contributed by atoms with E-state index in [1.165, 1.54) is 0 Å². The second-order valence-corrected chi connectivity index (χ2v) is 4.39. The summed E-state index contributed by atoms with van der Waals surface area (Å²) in [6, 6.07) is 7.80. The predicted octanol–water partition coefficient (Wildman–Crippen LogP) is 2.92. The summed E-state index contributed by atoms with van der Waals surface area (Å²) >= 11 is 6.08. The largest absolute Gasteiger partial charge is 0.396 e. The first-order valence-corrected chi connectivity index (χ1v) is 5.99. The molecule has 0 aliphatic carbocycles. The molecule has 2 nitrogen and oxygen atoms in total. The van der Waals surface area contributed by atoms with E-state index in [0.717, 1.165) is 36.5 Å². The lowest BCUT2D eigenvalue weighted by molar-refractivity contribution is 0.169. The van der Waals surface area contributed by atoms with Gasteiger partial charge < -0.3 is 9.84 Å². The van der Waals surface area contributed by atoms with Gasteiger partial charge in [-0.25, -0.2) is 0 Å². The molecule has 0 radical (unpaired) electrons. The van der Waals surface area contributed by atoms with Crippen molar-refractivity contribution in [3.05, 3.63) is 34.9 Å². The highest BCUT2D eigenvalue weighted by Crippen LogP contribution is 2.20. The van der Waals surface area contributed by atoms with Crippen molar-refractivity contribution in [2.45, 2.75) is 19.3 Å². The van der Waals surface area contributed by atoms with Crippen molar-refractivity contribution in [3.63, 3.8) is 0 Å². The molecule has 1 aromatic rings. The maximum absolute atomic E-state index is 9.29. The number of hydrogen-bond donors (Lipinski definition) is 1. The predicted molar refractivity (Wildman–Crippen MR) is 66.8 cm³/mol. The number of ether oxygens (including phenoxy) is 1. The fourth-order valence-electron chi connectivity index (χ4n) is 1.75. The first-order chi connectivity index (χ1) is 7.77. The second-order valence-electron chi connectivity index (χ2n) is 3.98. The molecule has 0 heterocycles. The summed E-state index contributed by atoms with van der Waals surface area (Å²) in [4.78, 5) is 0. The molecule has 0 aromatic heterocycles. The number of benzene rings is 1. The maximum Gasteiger partial charge on any atom is 0.0462 e. The molecule has 0 aliphatic heterocycles. The molecule has 90 valence electrons. The first-order valence-electron chi connectivity index (χ1n) is 5.61. The molecule has 0 fully saturated rings. The Morgan fingerprint density at radius 2 is 2.12 bits per heavy atom. The summed E-state index contributed by atoms with van der Waals surface area (Å²) in [6.07, 6.45) is 2.78. The quantitative estimate of drug-likeness (QED) is 0.745. The van der Waals surface area contributed by atoms with Crippen molar-refractivity contribution in [2.24, 2.45) is 5.92 Å². The Bertz CT molecular complexity index is 302. The minimum atomic E-state index is 0.203. The summed E-state index contributed by atoms with van der Waals surface area (Å²) in [5.41, 5.74) is 1.11. The van der Waals surface area contributed by atoms with Crippen LogP contribution < -0.4 is 0 Å². The van der Waals surface area contributed by atoms with Crippen molar-refractivity contribution in [1.82, 2.24) is 0 Å². The Balaban J connectivity index is 2.46. The monoisotopic (exact) mass is 242 g/mol. The van der Waals surface area contributed by atoms with E-state index in [1.807, 2.05) is 24.3 Å². The van der Waals surface area contributed by atoms with Crippen molar-refractivity contribution < 1.29 is 9.84 Å². The number of aliphatic hydroxyl groups excluding tert-OH is 1. The van der Waals surface area contributed by atoms with Gasteiger partial charge in [0.2, 0.25) is 0 Å². The molecule has 1 aromatic carbocycles. The summed E-state index contributed by atoms with van der Waals surface area (Å²) in [7, 11) is 1.70. The third-order valence-corrected chi connectivity index (χ3v) is 3.05. The summed E-state index contributed by atoms with van der Waals surface area (Å²) in [6.45, 7) is 0.952. The minimum absolute atomic E-state index is 0.203. The van der Waals surface area contributed by atoms with E-state index in [2.05, 4.69) is 0 Å². The molecule has 1 unspecified atom stereocenters. The van der Waals surface area contributed by atoms with Gasteiger partial charge in [0.25, 0.3) is 0 Å². The molecular weight excluding hydrogens is 224 g/mol. The van der Waals surface area contributed by atoms with E-state index in [-0.39, 0.29) is 12.5 Å². The van der Waals surface area contributed by atoms with E-state index in [4.69, 9.17) is 16.3 Å². The Hall–Kier alpha value is -0.570. The van der Waals surface area contributed by atoms with Gasteiger partial charge in [0.1, 0.15) is 0 Å². The number of rotatable bonds is 7. The maximum atomic E-state index is 9.29. The number of aliphatic hydroxyl groups is 1. The average molecular weight is 243 g/mol. The smallest absolute Gasteiger partial charge is 0.0462 e. The molecular formula is C13H19ClO2. The van der Waals surface area contributed by atoms with Crippen LogP contribution in [-0.4, -0.2) is 25.4 Å². The van der Waals surface area contributed by atoms with Crippen LogP contribution in [0.15, 0.2) is 24.3 Å². The normalized spacial score (nSPS) is 12.7. The highest BCUT2D eigenvalue weighted by atomic mass is 35.5. The zero-order valence-electron chi connectivity index (χ0n) is 9.66. The van der Waals surface area contributed by atoms with Crippen LogP contribution in [-0.2, 0) is 11.2 Å². The van der Waals surface area contributed by atoms with E-state index in [9.17, 15) is 5.11 Å². The molecule has 16 heavy (non-hydrogen) atoms. The topological polar surface area (TPSA) is 29.5 Å². The highest BCUT2D eigenvalue weighted by molar-refractivity contribution is 6.31. The second kappa shape index (κ2) is 7.66. The standard InChI is InChI=1S/C13H19ClO2/c1-16-8-4-5-11(10-15)9-12-6-2-3-7-13(12)14/h2-3,6-7,11,15H,4-5,8-10H2,1H3. The van der Waals surface area contributed by atoms with Crippen LogP contribution in [0.3, 0.4) is 0 Å². The molecule has 1 rings (SSSR count). The third-order valence-electron chi connectivity index (χ3n) is 2.69. The fraction of sp³-hybridized carbons (Fsp3) is 0.538. The average Bonchev–Trinajstić information content (AvgIpc) is 2.30. The lowest BCUT2D eigenvalue weighted by atomic mass is 9.96. The van der Waals surface area contributed by atoms with Crippen LogP contribution in [0.5, 0.6) is 0 Å². The van der Waals surface area contributed by atoms with E-state index < -0.39 is 0 Å². The molecule has 1 atom stereocenters. The lowest BCUT2D eigenvalue weighted by Gasteiger charge is -2.14. The van der Waals surface area contributed by atoms with Gasteiger partial charge in [0, 0.05) is 25.3 Å². The lowest BCUT2D eigenvalue weighted by Crippen LogP contribution is -2.11. The van der Waals surface area contributed by atoms with Gasteiger partial charge in [-0.1, -0.05) is 29.8 Å². The van der Waals surface area contributed by atoms with Crippen LogP contribution in [0.4, 0.5) is 0 Å². The van der Waals surface area contributed by atoms with Gasteiger partial charge in [-0.05, 0) is 36.8 Å². The van der Waals surface area contributed by atoms with Crippen LogP contribution in [0.25, 0.3) is 0 Å². The van der Waals surface area contributed by atoms with E-state index >= 15 is 0 Å². The molecule has 0 aliphatic rings. The van der Waals surface area contributed by atoms with Crippen LogP contribution >= 0.6 is 11.6 Å². The summed E-state index contributed by atoms with van der Waals surface area (Å²) < 4.78 is 5.00. The Morgan fingerprint density at radius 1 is 1.38 bits per heavy atom. The van der Waals surface area contributed by atoms with Crippen molar-refractivity contribution >= 4 is 11.6 Å². The van der Waals surface area contributed by atoms with E-state index in [1.54, 1.807) is 7.11 Å². The SMILES string of the molecule is COCCCC(CO)Cc1ccccc1Cl. The third kappa shape index (κ3) is 4.52. The van der Waals surface area contributed by atoms with E-state index in [0.29, 0.717) is 0 Å². The molecule has 0 spiro atoms. The Labute approximate surface area is 102 Å². The molecule has 0 bridgehead atoms. The molecule has 1 N–H and O–H groups in total. The molecule has 0 amide bonds. The van der Waals surface area contributed by atoms with Crippen molar-refractivity contribution in [3.8, 4) is 0 Å². The Kier molecular flexibility index (Phi) is 6.46. The molecule has 3 heteroatoms. The van der Waals surface area contributed by atoms with Gasteiger partial charge in [0.05, 0.1) is 0 Å². The molecule has 0 saturated heterocycles. The van der Waals surface area contributed by atoms with Crippen molar-refractivity contribution in [2.75, 3.05) is 20.3 Å². The number of halogens is 1. The fourth-order valence-corrected chi connectivity index (χ4v) is 1.96. The first kappa shape index (κ1) is 13.5. The van der Waals surface area contributed by atoms with Gasteiger partial charge >= 0.3 is 0 Å². The minimum Gasteiger partial charge on any atom is -0.396 e. The number of methoxy groups -OCH3 is 1. The van der Waals surface area contributed by atoms with Crippen LogP contribution in [0.2, 0.25) is 5.02 Å². The highest BCUT2D eigenvalue weighted by Gasteiger charge is 2.10. The zero-order valence-corrected chi connectivity index (χ0v) is 10.4. The Morgan fingerprint density at radius 3 is 2.75 bits per heavy atom. The van der Waals surface area contributed by atoms with Gasteiger partial charge in [-0.15, -0.1) is 0 Å². The van der Waals surface area contributed by atoms with Gasteiger partial charge in [-0.2, -0.15) is 0 Å². The van der Waals surface area contributed by atoms with Crippen molar-refractivity contribution in [1.29, 1.82) is 0 Å². The zero-order chi connectivity index (χ0) is 11.8.